The average molecular weight is 548 g/mol. The number of pyridine rings is 1. The third kappa shape index (κ3) is 6.27. The van der Waals surface area contributed by atoms with Crippen molar-refractivity contribution in [1.29, 1.82) is 0 Å². The minimum atomic E-state index is -0.916. The van der Waals surface area contributed by atoms with Crippen LogP contribution in [0.25, 0.3) is 11.1 Å². The molecule has 0 radical (unpaired) electrons. The lowest BCUT2D eigenvalue weighted by Crippen LogP contribution is -2.35. The highest BCUT2D eigenvalue weighted by molar-refractivity contribution is 7.99. The van der Waals surface area contributed by atoms with E-state index in [1.54, 1.807) is 17.6 Å². The van der Waals surface area contributed by atoms with Gasteiger partial charge >= 0.3 is 0 Å². The number of hydrogen-bond acceptors (Lipinski definition) is 5. The van der Waals surface area contributed by atoms with Crippen molar-refractivity contribution >= 4 is 11.8 Å². The summed E-state index contributed by atoms with van der Waals surface area (Å²) in [6.07, 6.45) is 1.76. The van der Waals surface area contributed by atoms with Gasteiger partial charge in [0.2, 0.25) is 0 Å². The molecule has 0 saturated heterocycles. The van der Waals surface area contributed by atoms with Gasteiger partial charge in [0.15, 0.2) is 11.6 Å². The molecule has 1 unspecified atom stereocenters. The smallest absolute Gasteiger partial charge is 0.260 e. The standard InChI is InChI=1S/C29H36F3N3O2S/c1-8-24(31)23(19(3)30)15-22-18(2)26(21-11-9-12-25(37-7)27(21)32)28(36)35-20(17-38-29(22)35)16-34(6)14-10-13-33(4)5/h8-9,11-12,20H,1,3,10,13-17H2,2,4-7H3/b24-23+. The predicted octanol–water partition coefficient (Wildman–Crippen LogP) is 5.94. The van der Waals surface area contributed by atoms with Gasteiger partial charge in [0.05, 0.1) is 23.7 Å². The first-order valence-corrected chi connectivity index (χ1v) is 13.4. The number of halogens is 3. The van der Waals surface area contributed by atoms with E-state index in [4.69, 9.17) is 4.74 Å². The fourth-order valence-corrected chi connectivity index (χ4v) is 6.18. The van der Waals surface area contributed by atoms with Gasteiger partial charge in [0.1, 0.15) is 11.7 Å². The molecule has 206 valence electrons. The summed E-state index contributed by atoms with van der Waals surface area (Å²) in [5.74, 6) is -1.77. The number of rotatable bonds is 12. The van der Waals surface area contributed by atoms with E-state index in [2.05, 4.69) is 23.0 Å². The number of allylic oxidation sites excluding steroid dienone is 4. The molecular formula is C29H36F3N3O2S. The van der Waals surface area contributed by atoms with Gasteiger partial charge in [-0.1, -0.05) is 25.3 Å². The number of likely N-dealkylation sites (N-methyl/N-ethyl adjacent to an activating group) is 1. The van der Waals surface area contributed by atoms with Gasteiger partial charge in [0, 0.05) is 29.9 Å². The fraction of sp³-hybridized carbons (Fsp3) is 0.414. The van der Waals surface area contributed by atoms with E-state index in [1.807, 2.05) is 21.1 Å². The van der Waals surface area contributed by atoms with Crippen molar-refractivity contribution in [2.75, 3.05) is 53.6 Å². The van der Waals surface area contributed by atoms with Gasteiger partial charge in [-0.2, -0.15) is 0 Å². The summed E-state index contributed by atoms with van der Waals surface area (Å²) in [4.78, 5) is 18.3. The molecule has 0 amide bonds. The molecule has 0 saturated carbocycles. The summed E-state index contributed by atoms with van der Waals surface area (Å²) in [7, 11) is 7.41. The van der Waals surface area contributed by atoms with Gasteiger partial charge < -0.3 is 14.5 Å². The van der Waals surface area contributed by atoms with Crippen LogP contribution in [-0.4, -0.2) is 68.0 Å². The summed E-state index contributed by atoms with van der Waals surface area (Å²) in [5.41, 5.74) is 0.704. The quantitative estimate of drug-likeness (QED) is 0.308. The molecule has 0 fully saturated rings. The van der Waals surface area contributed by atoms with E-state index in [0.717, 1.165) is 25.6 Å². The van der Waals surface area contributed by atoms with Gasteiger partial charge in [-0.3, -0.25) is 9.36 Å². The predicted molar refractivity (Wildman–Crippen MR) is 150 cm³/mol. The maximum absolute atomic E-state index is 15.4. The van der Waals surface area contributed by atoms with Crippen LogP contribution in [0.2, 0.25) is 0 Å². The third-order valence-electron chi connectivity index (χ3n) is 6.78. The minimum absolute atomic E-state index is 0.00956. The van der Waals surface area contributed by atoms with Gasteiger partial charge in [0.25, 0.3) is 5.56 Å². The van der Waals surface area contributed by atoms with Crippen LogP contribution in [-0.2, 0) is 6.42 Å². The first kappa shape index (κ1) is 29.8. The van der Waals surface area contributed by atoms with E-state index in [1.165, 1.54) is 31.0 Å². The molecule has 3 rings (SSSR count). The number of fused-ring (bicyclic) bond motifs is 1. The lowest BCUT2D eigenvalue weighted by Gasteiger charge is -2.25. The van der Waals surface area contributed by atoms with Crippen LogP contribution < -0.4 is 10.3 Å². The lowest BCUT2D eigenvalue weighted by molar-refractivity contribution is 0.265. The maximum Gasteiger partial charge on any atom is 0.260 e. The molecule has 9 heteroatoms. The molecule has 1 aromatic carbocycles. The molecule has 0 spiro atoms. The highest BCUT2D eigenvalue weighted by Gasteiger charge is 2.32. The number of nitrogens with zero attached hydrogens (tertiary/aromatic N) is 3. The van der Waals surface area contributed by atoms with E-state index in [0.29, 0.717) is 28.5 Å². The van der Waals surface area contributed by atoms with Crippen molar-refractivity contribution in [2.24, 2.45) is 0 Å². The Morgan fingerprint density at radius 2 is 1.97 bits per heavy atom. The molecule has 0 bridgehead atoms. The van der Waals surface area contributed by atoms with Crippen LogP contribution in [0.1, 0.15) is 23.6 Å². The van der Waals surface area contributed by atoms with Crippen molar-refractivity contribution in [1.82, 2.24) is 14.4 Å². The summed E-state index contributed by atoms with van der Waals surface area (Å²) in [5, 5.41) is 0.641. The maximum atomic E-state index is 15.4. The zero-order valence-corrected chi connectivity index (χ0v) is 23.6. The molecular weight excluding hydrogens is 511 g/mol. The van der Waals surface area contributed by atoms with Crippen LogP contribution in [0.3, 0.4) is 0 Å². The Morgan fingerprint density at radius 1 is 1.26 bits per heavy atom. The molecule has 5 nitrogen and oxygen atoms in total. The van der Waals surface area contributed by atoms with Crippen molar-refractivity contribution in [3.8, 4) is 16.9 Å². The molecule has 1 atom stereocenters. The van der Waals surface area contributed by atoms with E-state index in [9.17, 15) is 13.6 Å². The highest BCUT2D eigenvalue weighted by atomic mass is 32.2. The topological polar surface area (TPSA) is 37.7 Å². The third-order valence-corrected chi connectivity index (χ3v) is 8.05. The van der Waals surface area contributed by atoms with Crippen LogP contribution >= 0.6 is 11.8 Å². The molecule has 0 N–H and O–H groups in total. The van der Waals surface area contributed by atoms with Crippen LogP contribution in [0, 0.1) is 12.7 Å². The van der Waals surface area contributed by atoms with Crippen molar-refractivity contribution in [3.63, 3.8) is 0 Å². The number of ether oxygens (including phenoxy) is 1. The highest BCUT2D eigenvalue weighted by Crippen LogP contribution is 2.41. The zero-order valence-electron chi connectivity index (χ0n) is 22.7. The Kier molecular flexibility index (Phi) is 10.1. The van der Waals surface area contributed by atoms with Crippen molar-refractivity contribution in [2.45, 2.75) is 30.8 Å². The largest absolute Gasteiger partial charge is 0.494 e. The number of hydrogen-bond donors (Lipinski definition) is 0. The van der Waals surface area contributed by atoms with Crippen LogP contribution in [0.15, 0.2) is 64.5 Å². The van der Waals surface area contributed by atoms with Crippen molar-refractivity contribution in [3.05, 3.63) is 82.0 Å². The Labute approximate surface area is 227 Å². The molecule has 1 aliphatic heterocycles. The van der Waals surface area contributed by atoms with Crippen LogP contribution in [0.4, 0.5) is 13.2 Å². The van der Waals surface area contributed by atoms with Gasteiger partial charge in [-0.05, 0) is 70.8 Å². The first-order valence-electron chi connectivity index (χ1n) is 12.4. The van der Waals surface area contributed by atoms with E-state index < -0.39 is 17.5 Å². The number of thioether (sulfide) groups is 1. The number of benzene rings is 1. The molecule has 38 heavy (non-hydrogen) atoms. The zero-order chi connectivity index (χ0) is 28.1. The SMILES string of the molecule is C=C/C(F)=C(/Cc1c(C)c(-c2cccc(OC)c2F)c(=O)n2c1SCC2CN(C)CCCN(C)C)C(=C)F. The lowest BCUT2D eigenvalue weighted by atomic mass is 9.93. The number of aromatic nitrogens is 1. The average Bonchev–Trinajstić information content (AvgIpc) is 3.27. The summed E-state index contributed by atoms with van der Waals surface area (Å²) in [6, 6.07) is 4.43. The van der Waals surface area contributed by atoms with Crippen molar-refractivity contribution < 1.29 is 17.9 Å². The summed E-state index contributed by atoms with van der Waals surface area (Å²) >= 11 is 1.48. The second-order valence-corrected chi connectivity index (χ2v) is 10.8. The van der Waals surface area contributed by atoms with E-state index >= 15 is 4.39 Å². The Morgan fingerprint density at radius 3 is 2.58 bits per heavy atom. The summed E-state index contributed by atoms with van der Waals surface area (Å²) in [6.45, 7) is 10.8. The molecule has 2 heterocycles. The Hall–Kier alpha value is -2.75. The van der Waals surface area contributed by atoms with Gasteiger partial charge in [-0.15, -0.1) is 11.8 Å². The second kappa shape index (κ2) is 12.9. The molecule has 2 aromatic rings. The minimum Gasteiger partial charge on any atom is -0.494 e. The summed E-state index contributed by atoms with van der Waals surface area (Å²) < 4.78 is 51.2. The Bertz CT molecular complexity index is 1300. The molecule has 1 aromatic heterocycles. The van der Waals surface area contributed by atoms with Gasteiger partial charge in [-0.25, -0.2) is 13.2 Å². The van der Waals surface area contributed by atoms with E-state index in [-0.39, 0.29) is 40.5 Å². The van der Waals surface area contributed by atoms with Crippen LogP contribution in [0.5, 0.6) is 5.75 Å². The monoisotopic (exact) mass is 547 g/mol. The second-order valence-electron chi connectivity index (χ2n) is 9.78. The first-order chi connectivity index (χ1) is 18.0. The Balaban J connectivity index is 2.20. The molecule has 1 aliphatic rings. The fourth-order valence-electron chi connectivity index (χ4n) is 4.81. The molecule has 0 aliphatic carbocycles. The normalized spacial score (nSPS) is 15.6. The number of methoxy groups -OCH3 is 1.